The van der Waals surface area contributed by atoms with Crippen molar-refractivity contribution in [2.45, 2.75) is 62.9 Å². The van der Waals surface area contributed by atoms with Gasteiger partial charge >= 0.3 is 11.9 Å². The van der Waals surface area contributed by atoms with E-state index >= 15 is 0 Å². The van der Waals surface area contributed by atoms with E-state index in [2.05, 4.69) is 0 Å². The van der Waals surface area contributed by atoms with Crippen molar-refractivity contribution in [3.8, 4) is 0 Å². The predicted molar refractivity (Wildman–Crippen MR) is 99.0 cm³/mol. The van der Waals surface area contributed by atoms with Crippen LogP contribution in [0.2, 0.25) is 0 Å². The van der Waals surface area contributed by atoms with Gasteiger partial charge in [0.25, 0.3) is 0 Å². The summed E-state index contributed by atoms with van der Waals surface area (Å²) in [6.45, 7) is 0.678. The first kappa shape index (κ1) is 18.1. The molecule has 0 bridgehead atoms. The molecule has 0 aromatic heterocycles. The van der Waals surface area contributed by atoms with Crippen LogP contribution in [-0.4, -0.2) is 49.6 Å². The second kappa shape index (κ2) is 7.48. The van der Waals surface area contributed by atoms with Crippen molar-refractivity contribution in [2.24, 2.45) is 11.8 Å². The third-order valence-electron chi connectivity index (χ3n) is 6.52. The summed E-state index contributed by atoms with van der Waals surface area (Å²) >= 11 is 0. The monoisotopic (exact) mass is 386 g/mol. The highest BCUT2D eigenvalue weighted by molar-refractivity contribution is 6.03. The zero-order chi connectivity index (χ0) is 19.1. The SMILES string of the molecule is O=C(OCC1CCCC2OC12)c1ccccc1C(=O)OCC1CCCC2OC12. The first-order valence-corrected chi connectivity index (χ1v) is 10.4. The molecule has 2 aliphatic heterocycles. The summed E-state index contributed by atoms with van der Waals surface area (Å²) in [7, 11) is 0. The molecule has 0 radical (unpaired) electrons. The third-order valence-corrected chi connectivity index (χ3v) is 6.52. The Morgan fingerprint density at radius 3 is 1.71 bits per heavy atom. The van der Waals surface area contributed by atoms with Gasteiger partial charge in [-0.3, -0.25) is 0 Å². The fraction of sp³-hybridized carbons (Fsp3) is 0.636. The van der Waals surface area contributed by atoms with Gasteiger partial charge in [0.05, 0.1) is 48.8 Å². The second-order valence-corrected chi connectivity index (χ2v) is 8.40. The predicted octanol–water partition coefficient (Wildman–Crippen LogP) is 3.14. The van der Waals surface area contributed by atoms with Gasteiger partial charge in [0.1, 0.15) is 0 Å². The normalized spacial score (nSPS) is 35.3. The minimum absolute atomic E-state index is 0.241. The fourth-order valence-corrected chi connectivity index (χ4v) is 4.81. The van der Waals surface area contributed by atoms with Crippen LogP contribution in [0.3, 0.4) is 0 Å². The molecular weight excluding hydrogens is 360 g/mol. The number of carbonyl (C=O) groups is 2. The lowest BCUT2D eigenvalue weighted by Crippen LogP contribution is -2.25. The van der Waals surface area contributed by atoms with E-state index in [1.165, 1.54) is 0 Å². The third kappa shape index (κ3) is 3.67. The maximum atomic E-state index is 12.6. The van der Waals surface area contributed by atoms with E-state index in [9.17, 15) is 9.59 Å². The maximum absolute atomic E-state index is 12.6. The Morgan fingerprint density at radius 2 is 1.25 bits per heavy atom. The van der Waals surface area contributed by atoms with Gasteiger partial charge in [0, 0.05) is 11.8 Å². The van der Waals surface area contributed by atoms with Gasteiger partial charge in [-0.2, -0.15) is 0 Å². The van der Waals surface area contributed by atoms with Gasteiger partial charge in [-0.15, -0.1) is 0 Å². The molecule has 0 spiro atoms. The van der Waals surface area contributed by atoms with Gasteiger partial charge < -0.3 is 18.9 Å². The van der Waals surface area contributed by atoms with Crippen molar-refractivity contribution in [2.75, 3.05) is 13.2 Å². The average molecular weight is 386 g/mol. The summed E-state index contributed by atoms with van der Waals surface area (Å²) in [5.74, 6) is -0.420. The molecule has 1 aromatic carbocycles. The quantitative estimate of drug-likeness (QED) is 0.552. The molecule has 2 heterocycles. The van der Waals surface area contributed by atoms with E-state index in [0.29, 0.717) is 25.4 Å². The molecule has 0 N–H and O–H groups in total. The molecule has 4 aliphatic rings. The number of hydrogen-bond acceptors (Lipinski definition) is 6. The zero-order valence-corrected chi connectivity index (χ0v) is 15.9. The molecule has 1 aromatic rings. The molecule has 6 nitrogen and oxygen atoms in total. The minimum Gasteiger partial charge on any atom is -0.462 e. The first-order chi connectivity index (χ1) is 13.7. The van der Waals surface area contributed by atoms with Crippen molar-refractivity contribution in [3.05, 3.63) is 35.4 Å². The number of epoxide rings is 2. The topological polar surface area (TPSA) is 77.7 Å². The lowest BCUT2D eigenvalue weighted by molar-refractivity contribution is 0.0360. The first-order valence-electron chi connectivity index (χ1n) is 10.4. The van der Waals surface area contributed by atoms with Crippen LogP contribution in [0.15, 0.2) is 24.3 Å². The number of ether oxygens (including phenoxy) is 4. The molecular formula is C22H26O6. The van der Waals surface area contributed by atoms with Crippen LogP contribution in [0.4, 0.5) is 0 Å². The van der Waals surface area contributed by atoms with Gasteiger partial charge in [0.2, 0.25) is 0 Å². The van der Waals surface area contributed by atoms with Crippen LogP contribution in [-0.2, 0) is 18.9 Å². The zero-order valence-electron chi connectivity index (χ0n) is 15.9. The smallest absolute Gasteiger partial charge is 0.339 e. The summed E-state index contributed by atoms with van der Waals surface area (Å²) < 4.78 is 22.3. The fourth-order valence-electron chi connectivity index (χ4n) is 4.81. The maximum Gasteiger partial charge on any atom is 0.339 e. The van der Waals surface area contributed by atoms with Crippen molar-refractivity contribution in [1.82, 2.24) is 0 Å². The van der Waals surface area contributed by atoms with E-state index in [1.807, 2.05) is 0 Å². The standard InChI is InChI=1S/C22H26O6/c23-21(25-11-13-5-3-9-17-19(13)27-17)15-7-1-2-8-16(15)22(24)26-12-14-6-4-10-18-20(14)28-18/h1-2,7-8,13-14,17-20H,3-6,9-12H2. The Morgan fingerprint density at radius 1 is 0.786 bits per heavy atom. The number of hydrogen-bond donors (Lipinski definition) is 0. The van der Waals surface area contributed by atoms with Gasteiger partial charge in [-0.25, -0.2) is 9.59 Å². The van der Waals surface area contributed by atoms with E-state index in [1.54, 1.807) is 24.3 Å². The number of rotatable bonds is 6. The molecule has 5 rings (SSSR count). The summed E-state index contributed by atoms with van der Waals surface area (Å²) in [5, 5.41) is 0. The highest BCUT2D eigenvalue weighted by Gasteiger charge is 2.48. The van der Waals surface area contributed by atoms with Crippen LogP contribution in [0.5, 0.6) is 0 Å². The van der Waals surface area contributed by atoms with Crippen LogP contribution < -0.4 is 0 Å². The van der Waals surface area contributed by atoms with Crippen LogP contribution >= 0.6 is 0 Å². The van der Waals surface area contributed by atoms with Crippen molar-refractivity contribution < 1.29 is 28.5 Å². The van der Waals surface area contributed by atoms with E-state index < -0.39 is 11.9 Å². The Balaban J connectivity index is 1.18. The van der Waals surface area contributed by atoms with E-state index in [0.717, 1.165) is 38.5 Å². The molecule has 150 valence electrons. The van der Waals surface area contributed by atoms with Crippen LogP contribution in [0.1, 0.15) is 59.2 Å². The Kier molecular flexibility index (Phi) is 4.85. The highest BCUT2D eigenvalue weighted by Crippen LogP contribution is 2.41. The van der Waals surface area contributed by atoms with Crippen molar-refractivity contribution >= 4 is 11.9 Å². The molecule has 6 unspecified atom stereocenters. The number of esters is 2. The molecule has 0 amide bonds. The molecule has 28 heavy (non-hydrogen) atoms. The number of fused-ring (bicyclic) bond motifs is 2. The Labute approximate surface area is 164 Å². The van der Waals surface area contributed by atoms with Crippen molar-refractivity contribution in [1.29, 1.82) is 0 Å². The van der Waals surface area contributed by atoms with Crippen LogP contribution in [0.25, 0.3) is 0 Å². The van der Waals surface area contributed by atoms with E-state index in [-0.39, 0.29) is 35.2 Å². The van der Waals surface area contributed by atoms with Gasteiger partial charge in [-0.1, -0.05) is 25.0 Å². The molecule has 2 saturated carbocycles. The highest BCUT2D eigenvalue weighted by atomic mass is 16.6. The molecule has 6 atom stereocenters. The molecule has 2 aliphatic carbocycles. The molecule has 2 saturated heterocycles. The van der Waals surface area contributed by atoms with Gasteiger partial charge in [0.15, 0.2) is 0 Å². The van der Waals surface area contributed by atoms with Crippen molar-refractivity contribution in [3.63, 3.8) is 0 Å². The Hall–Kier alpha value is -1.92. The minimum atomic E-state index is -0.474. The summed E-state index contributed by atoms with van der Waals surface area (Å²) in [4.78, 5) is 25.2. The van der Waals surface area contributed by atoms with E-state index in [4.69, 9.17) is 18.9 Å². The lowest BCUT2D eigenvalue weighted by Gasteiger charge is -2.19. The molecule has 4 fully saturated rings. The lowest BCUT2D eigenvalue weighted by atomic mass is 9.90. The number of carbonyl (C=O) groups excluding carboxylic acids is 2. The number of benzene rings is 1. The average Bonchev–Trinajstić information content (AvgIpc) is 3.63. The second-order valence-electron chi connectivity index (χ2n) is 8.40. The summed E-state index contributed by atoms with van der Waals surface area (Å²) in [6.07, 6.45) is 7.67. The Bertz CT molecular complexity index is 698. The summed E-state index contributed by atoms with van der Waals surface area (Å²) in [5.41, 5.74) is 0.529. The molecule has 6 heteroatoms. The summed E-state index contributed by atoms with van der Waals surface area (Å²) in [6, 6.07) is 6.71. The van der Waals surface area contributed by atoms with Gasteiger partial charge in [-0.05, 0) is 37.8 Å². The van der Waals surface area contributed by atoms with Crippen LogP contribution in [0, 0.1) is 11.8 Å². The largest absolute Gasteiger partial charge is 0.462 e.